The maximum atomic E-state index is 12.3. The summed E-state index contributed by atoms with van der Waals surface area (Å²) in [5.41, 5.74) is 7.13. The van der Waals surface area contributed by atoms with Crippen LogP contribution in [0.15, 0.2) is 24.3 Å². The summed E-state index contributed by atoms with van der Waals surface area (Å²) in [6.45, 7) is -0.528. The lowest BCUT2D eigenvalue weighted by atomic mass is 10.0. The third-order valence-corrected chi connectivity index (χ3v) is 2.20. The number of rotatable bonds is 5. The summed E-state index contributed by atoms with van der Waals surface area (Å²) in [5, 5.41) is 8.49. The highest BCUT2D eigenvalue weighted by atomic mass is 19.1. The minimum absolute atomic E-state index is 0.0288. The van der Waals surface area contributed by atoms with Gasteiger partial charge in [0.15, 0.2) is 0 Å². The molecule has 0 fully saturated rings. The highest BCUT2D eigenvalue weighted by Crippen LogP contribution is 2.17. The monoisotopic (exact) mass is 211 g/mol. The van der Waals surface area contributed by atoms with Crippen molar-refractivity contribution in [2.75, 3.05) is 0 Å². The summed E-state index contributed by atoms with van der Waals surface area (Å²) in [6, 6.07) is 6.52. The lowest BCUT2D eigenvalue weighted by Gasteiger charge is -2.11. The molecule has 3 N–H and O–H groups in total. The summed E-state index contributed by atoms with van der Waals surface area (Å²) in [4.78, 5) is 10.3. The van der Waals surface area contributed by atoms with Crippen LogP contribution < -0.4 is 5.73 Å². The zero-order valence-corrected chi connectivity index (χ0v) is 8.32. The molecule has 0 aliphatic heterocycles. The van der Waals surface area contributed by atoms with Crippen LogP contribution in [0.1, 0.15) is 30.0 Å². The molecule has 0 amide bonds. The Bertz CT molecular complexity index is 341. The summed E-state index contributed by atoms with van der Waals surface area (Å²) in [6.07, 6.45) is 0.395. The fourth-order valence-electron chi connectivity index (χ4n) is 1.35. The van der Waals surface area contributed by atoms with Gasteiger partial charge in [-0.25, -0.2) is 4.39 Å². The number of carboxylic acid groups (broad SMARTS) is 1. The second kappa shape index (κ2) is 5.46. The summed E-state index contributed by atoms with van der Waals surface area (Å²) < 4.78 is 12.3. The quantitative estimate of drug-likeness (QED) is 0.783. The fourth-order valence-corrected chi connectivity index (χ4v) is 1.35. The first kappa shape index (κ1) is 11.7. The molecular formula is C11H14FNO2. The average molecular weight is 211 g/mol. The van der Waals surface area contributed by atoms with Crippen molar-refractivity contribution >= 4 is 5.97 Å². The zero-order valence-electron chi connectivity index (χ0n) is 8.32. The number of alkyl halides is 1. The molecule has 4 heteroatoms. The predicted octanol–water partition coefficient (Wildman–Crippen LogP) is 2.02. The standard InChI is InChI=1S/C11H14FNO2/c12-7-8-2-1-3-9(6-8)10(13)4-5-11(14)15/h1-3,6,10H,4-5,7,13H2,(H,14,15). The van der Waals surface area contributed by atoms with Crippen molar-refractivity contribution < 1.29 is 14.3 Å². The number of nitrogens with two attached hydrogens (primary N) is 1. The molecule has 0 saturated heterocycles. The Balaban J connectivity index is 2.64. The minimum atomic E-state index is -0.868. The normalized spacial score (nSPS) is 12.4. The average Bonchev–Trinajstić information content (AvgIpc) is 2.26. The molecule has 0 bridgehead atoms. The first-order valence-electron chi connectivity index (χ1n) is 4.75. The summed E-state index contributed by atoms with van der Waals surface area (Å²) >= 11 is 0. The Hall–Kier alpha value is -1.42. The van der Waals surface area contributed by atoms with Gasteiger partial charge in [0.05, 0.1) is 0 Å². The van der Waals surface area contributed by atoms with E-state index >= 15 is 0 Å². The van der Waals surface area contributed by atoms with Gasteiger partial charge in [0.25, 0.3) is 0 Å². The van der Waals surface area contributed by atoms with E-state index in [1.54, 1.807) is 24.3 Å². The van der Waals surface area contributed by atoms with E-state index in [4.69, 9.17) is 10.8 Å². The third kappa shape index (κ3) is 3.67. The minimum Gasteiger partial charge on any atom is -0.481 e. The van der Waals surface area contributed by atoms with Gasteiger partial charge in [0.2, 0.25) is 0 Å². The van der Waals surface area contributed by atoms with Crippen molar-refractivity contribution in [1.29, 1.82) is 0 Å². The van der Waals surface area contributed by atoms with Crippen LogP contribution in [-0.2, 0) is 11.5 Å². The van der Waals surface area contributed by atoms with E-state index in [9.17, 15) is 9.18 Å². The van der Waals surface area contributed by atoms with E-state index in [-0.39, 0.29) is 12.5 Å². The molecule has 0 heterocycles. The van der Waals surface area contributed by atoms with Gasteiger partial charge in [-0.15, -0.1) is 0 Å². The highest BCUT2D eigenvalue weighted by Gasteiger charge is 2.08. The Labute approximate surface area is 87.7 Å². The molecule has 0 aliphatic rings. The SMILES string of the molecule is NC(CCC(=O)O)c1cccc(CF)c1. The maximum Gasteiger partial charge on any atom is 0.303 e. The molecule has 0 spiro atoms. The van der Waals surface area contributed by atoms with Crippen molar-refractivity contribution in [1.82, 2.24) is 0 Å². The molecule has 1 unspecified atom stereocenters. The van der Waals surface area contributed by atoms with E-state index in [2.05, 4.69) is 0 Å². The zero-order chi connectivity index (χ0) is 11.3. The lowest BCUT2D eigenvalue weighted by Crippen LogP contribution is -2.12. The van der Waals surface area contributed by atoms with Crippen LogP contribution in [0.5, 0.6) is 0 Å². The van der Waals surface area contributed by atoms with E-state index in [0.29, 0.717) is 12.0 Å². The number of aliphatic carboxylic acids is 1. The first-order chi connectivity index (χ1) is 7.13. The molecule has 1 rings (SSSR count). The second-order valence-electron chi connectivity index (χ2n) is 3.42. The maximum absolute atomic E-state index is 12.3. The Morgan fingerprint density at radius 1 is 1.53 bits per heavy atom. The van der Waals surface area contributed by atoms with Crippen molar-refractivity contribution in [3.8, 4) is 0 Å². The molecule has 0 radical (unpaired) electrons. The van der Waals surface area contributed by atoms with Crippen LogP contribution in [0.3, 0.4) is 0 Å². The highest BCUT2D eigenvalue weighted by molar-refractivity contribution is 5.66. The molecule has 1 atom stereocenters. The van der Waals surface area contributed by atoms with Crippen molar-refractivity contribution in [2.45, 2.75) is 25.6 Å². The van der Waals surface area contributed by atoms with Gasteiger partial charge in [0.1, 0.15) is 6.67 Å². The largest absolute Gasteiger partial charge is 0.481 e. The van der Waals surface area contributed by atoms with Gasteiger partial charge >= 0.3 is 5.97 Å². The Kier molecular flexibility index (Phi) is 4.24. The molecule has 1 aromatic carbocycles. The van der Waals surface area contributed by atoms with Gasteiger partial charge in [-0.3, -0.25) is 4.79 Å². The van der Waals surface area contributed by atoms with Crippen molar-refractivity contribution in [3.63, 3.8) is 0 Å². The van der Waals surface area contributed by atoms with E-state index < -0.39 is 12.6 Å². The molecule has 0 aliphatic carbocycles. The van der Waals surface area contributed by atoms with Crippen LogP contribution in [0.4, 0.5) is 4.39 Å². The lowest BCUT2D eigenvalue weighted by molar-refractivity contribution is -0.137. The fraction of sp³-hybridized carbons (Fsp3) is 0.364. The summed E-state index contributed by atoms with van der Waals surface area (Å²) in [5.74, 6) is -0.868. The van der Waals surface area contributed by atoms with Crippen LogP contribution in [0.2, 0.25) is 0 Å². The number of halogens is 1. The van der Waals surface area contributed by atoms with Crippen LogP contribution >= 0.6 is 0 Å². The Morgan fingerprint density at radius 3 is 2.87 bits per heavy atom. The molecule has 3 nitrogen and oxygen atoms in total. The molecule has 15 heavy (non-hydrogen) atoms. The van der Waals surface area contributed by atoms with Crippen LogP contribution in [-0.4, -0.2) is 11.1 Å². The first-order valence-corrected chi connectivity index (χ1v) is 4.75. The Morgan fingerprint density at radius 2 is 2.27 bits per heavy atom. The second-order valence-corrected chi connectivity index (χ2v) is 3.42. The van der Waals surface area contributed by atoms with Gasteiger partial charge in [-0.2, -0.15) is 0 Å². The third-order valence-electron chi connectivity index (χ3n) is 2.20. The number of hydrogen-bond acceptors (Lipinski definition) is 2. The van der Waals surface area contributed by atoms with Crippen LogP contribution in [0.25, 0.3) is 0 Å². The van der Waals surface area contributed by atoms with Crippen molar-refractivity contribution in [2.24, 2.45) is 5.73 Å². The summed E-state index contributed by atoms with van der Waals surface area (Å²) in [7, 11) is 0. The number of benzene rings is 1. The van der Waals surface area contributed by atoms with E-state index in [1.807, 2.05) is 0 Å². The predicted molar refractivity (Wildman–Crippen MR) is 55.1 cm³/mol. The number of hydrogen-bond donors (Lipinski definition) is 2. The molecular weight excluding hydrogens is 197 g/mol. The van der Waals surface area contributed by atoms with Gasteiger partial charge in [-0.05, 0) is 17.5 Å². The van der Waals surface area contributed by atoms with E-state index in [0.717, 1.165) is 5.56 Å². The van der Waals surface area contributed by atoms with Crippen molar-refractivity contribution in [3.05, 3.63) is 35.4 Å². The number of carboxylic acids is 1. The smallest absolute Gasteiger partial charge is 0.303 e. The molecule has 82 valence electrons. The van der Waals surface area contributed by atoms with Gasteiger partial charge < -0.3 is 10.8 Å². The number of carbonyl (C=O) groups is 1. The van der Waals surface area contributed by atoms with E-state index in [1.165, 1.54) is 0 Å². The molecule has 1 aromatic rings. The van der Waals surface area contributed by atoms with Gasteiger partial charge in [-0.1, -0.05) is 24.3 Å². The molecule has 0 saturated carbocycles. The van der Waals surface area contributed by atoms with Crippen LogP contribution in [0, 0.1) is 0 Å². The topological polar surface area (TPSA) is 63.3 Å². The van der Waals surface area contributed by atoms with Gasteiger partial charge in [0, 0.05) is 12.5 Å². The molecule has 0 aromatic heterocycles.